The van der Waals surface area contributed by atoms with E-state index in [9.17, 15) is 14.4 Å². The van der Waals surface area contributed by atoms with Crippen LogP contribution in [0.4, 0.5) is 5.69 Å². The molecule has 0 radical (unpaired) electrons. The van der Waals surface area contributed by atoms with Gasteiger partial charge in [-0.15, -0.1) is 0 Å². The zero-order valence-electron chi connectivity index (χ0n) is 12.1. The lowest BCUT2D eigenvalue weighted by atomic mass is 10.1. The largest absolute Gasteiger partial charge is 0.326 e. The van der Waals surface area contributed by atoms with E-state index in [1.165, 1.54) is 0 Å². The molecular weight excluding hydrogens is 360 g/mol. The summed E-state index contributed by atoms with van der Waals surface area (Å²) in [6.07, 6.45) is 0.0536. The van der Waals surface area contributed by atoms with Gasteiger partial charge in [-0.25, -0.2) is 0 Å². The monoisotopic (exact) mass is 372 g/mol. The summed E-state index contributed by atoms with van der Waals surface area (Å²) in [6, 6.07) is 13.9. The summed E-state index contributed by atoms with van der Waals surface area (Å²) in [5.74, 6) is -0.943. The first kappa shape index (κ1) is 15.4. The first-order valence-electron chi connectivity index (χ1n) is 7.07. The average Bonchev–Trinajstić information content (AvgIpc) is 2.77. The molecule has 1 aliphatic rings. The third-order valence-electron chi connectivity index (χ3n) is 3.55. The molecule has 6 heteroatoms. The number of rotatable bonds is 4. The van der Waals surface area contributed by atoms with E-state index in [0.717, 1.165) is 9.37 Å². The molecule has 3 rings (SSSR count). The van der Waals surface area contributed by atoms with Gasteiger partial charge in [-0.1, -0.05) is 34.1 Å². The van der Waals surface area contributed by atoms with Crippen LogP contribution >= 0.6 is 15.9 Å². The fraction of sp³-hybridized carbons (Fsp3) is 0.118. The van der Waals surface area contributed by atoms with Crippen LogP contribution in [-0.4, -0.2) is 29.2 Å². The molecule has 0 saturated carbocycles. The molecule has 0 saturated heterocycles. The number of imide groups is 1. The van der Waals surface area contributed by atoms with Gasteiger partial charge >= 0.3 is 0 Å². The number of nitrogens with one attached hydrogen (secondary N) is 1. The standard InChI is InChI=1S/C17H13BrN2O3/c18-11-4-3-5-12(10-11)19-15(21)8-9-20-16(22)13-6-1-2-7-14(13)17(20)23/h1-7,10H,8-9H2,(H,19,21). The number of nitrogens with zero attached hydrogens (tertiary/aromatic N) is 1. The zero-order valence-corrected chi connectivity index (χ0v) is 13.7. The second-order valence-electron chi connectivity index (χ2n) is 5.12. The Morgan fingerprint density at radius 2 is 1.65 bits per heavy atom. The molecule has 5 nitrogen and oxygen atoms in total. The molecule has 1 aliphatic heterocycles. The predicted molar refractivity (Wildman–Crippen MR) is 89.2 cm³/mol. The number of carbonyl (C=O) groups excluding carboxylic acids is 3. The van der Waals surface area contributed by atoms with Crippen molar-refractivity contribution in [2.75, 3.05) is 11.9 Å². The molecule has 23 heavy (non-hydrogen) atoms. The van der Waals surface area contributed by atoms with Crippen molar-refractivity contribution in [2.24, 2.45) is 0 Å². The molecular formula is C17H13BrN2O3. The fourth-order valence-corrected chi connectivity index (χ4v) is 2.84. The van der Waals surface area contributed by atoms with Gasteiger partial charge in [0.2, 0.25) is 5.91 Å². The highest BCUT2D eigenvalue weighted by Crippen LogP contribution is 2.22. The third kappa shape index (κ3) is 3.17. The number of hydrogen-bond donors (Lipinski definition) is 1. The summed E-state index contributed by atoms with van der Waals surface area (Å²) in [5.41, 5.74) is 1.45. The molecule has 2 aromatic rings. The molecule has 0 unspecified atom stereocenters. The van der Waals surface area contributed by atoms with Crippen LogP contribution in [0, 0.1) is 0 Å². The van der Waals surface area contributed by atoms with Crippen LogP contribution in [0.1, 0.15) is 27.1 Å². The third-order valence-corrected chi connectivity index (χ3v) is 4.04. The van der Waals surface area contributed by atoms with Crippen LogP contribution < -0.4 is 5.32 Å². The highest BCUT2D eigenvalue weighted by atomic mass is 79.9. The number of anilines is 1. The van der Waals surface area contributed by atoms with Gasteiger partial charge in [-0.2, -0.15) is 0 Å². The fourth-order valence-electron chi connectivity index (χ4n) is 2.45. The zero-order chi connectivity index (χ0) is 16.4. The van der Waals surface area contributed by atoms with Gasteiger partial charge in [0.05, 0.1) is 11.1 Å². The maximum absolute atomic E-state index is 12.2. The van der Waals surface area contributed by atoms with Gasteiger partial charge in [0.1, 0.15) is 0 Å². The van der Waals surface area contributed by atoms with E-state index in [4.69, 9.17) is 0 Å². The molecule has 0 aliphatic carbocycles. The molecule has 0 atom stereocenters. The van der Waals surface area contributed by atoms with Gasteiger partial charge in [0.15, 0.2) is 0 Å². The molecule has 0 spiro atoms. The Morgan fingerprint density at radius 1 is 1.00 bits per heavy atom. The maximum atomic E-state index is 12.2. The van der Waals surface area contributed by atoms with Crippen LogP contribution in [-0.2, 0) is 4.79 Å². The van der Waals surface area contributed by atoms with Gasteiger partial charge in [-0.3, -0.25) is 19.3 Å². The van der Waals surface area contributed by atoms with Crippen LogP contribution in [0.25, 0.3) is 0 Å². The second-order valence-corrected chi connectivity index (χ2v) is 6.03. The minimum atomic E-state index is -0.346. The quantitative estimate of drug-likeness (QED) is 0.838. The predicted octanol–water partition coefficient (Wildman–Crippen LogP) is 3.07. The lowest BCUT2D eigenvalue weighted by Gasteiger charge is -2.13. The first-order valence-corrected chi connectivity index (χ1v) is 7.86. The second kappa shape index (κ2) is 6.34. The number of carbonyl (C=O) groups is 3. The van der Waals surface area contributed by atoms with E-state index >= 15 is 0 Å². The van der Waals surface area contributed by atoms with Crippen LogP contribution in [0.3, 0.4) is 0 Å². The number of fused-ring (bicyclic) bond motifs is 1. The lowest BCUT2D eigenvalue weighted by Crippen LogP contribution is -2.32. The van der Waals surface area contributed by atoms with Gasteiger partial charge in [-0.05, 0) is 30.3 Å². The minimum Gasteiger partial charge on any atom is -0.326 e. The highest BCUT2D eigenvalue weighted by molar-refractivity contribution is 9.10. The topological polar surface area (TPSA) is 66.5 Å². The van der Waals surface area contributed by atoms with Crippen molar-refractivity contribution in [2.45, 2.75) is 6.42 Å². The van der Waals surface area contributed by atoms with Gasteiger partial charge in [0.25, 0.3) is 11.8 Å². The first-order chi connectivity index (χ1) is 11.1. The average molecular weight is 373 g/mol. The number of halogens is 1. The summed E-state index contributed by atoms with van der Waals surface area (Å²) in [7, 11) is 0. The smallest absolute Gasteiger partial charge is 0.261 e. The summed E-state index contributed by atoms with van der Waals surface area (Å²) >= 11 is 3.33. The summed E-state index contributed by atoms with van der Waals surface area (Å²) < 4.78 is 0.857. The molecule has 0 bridgehead atoms. The number of amides is 3. The Morgan fingerprint density at radius 3 is 2.26 bits per heavy atom. The Kier molecular flexibility index (Phi) is 4.25. The van der Waals surface area contributed by atoms with Crippen molar-refractivity contribution in [3.8, 4) is 0 Å². The van der Waals surface area contributed by atoms with E-state index < -0.39 is 0 Å². The maximum Gasteiger partial charge on any atom is 0.261 e. The number of benzene rings is 2. The van der Waals surface area contributed by atoms with Crippen molar-refractivity contribution in [3.05, 3.63) is 64.1 Å². The molecule has 116 valence electrons. The van der Waals surface area contributed by atoms with Crippen molar-refractivity contribution < 1.29 is 14.4 Å². The molecule has 1 N–H and O–H groups in total. The molecule has 2 aromatic carbocycles. The Hall–Kier alpha value is -2.47. The van der Waals surface area contributed by atoms with Crippen molar-refractivity contribution in [1.82, 2.24) is 4.90 Å². The van der Waals surface area contributed by atoms with Crippen LogP contribution in [0.15, 0.2) is 53.0 Å². The summed E-state index contributed by atoms with van der Waals surface area (Å²) in [6.45, 7) is 0.0617. The molecule has 0 aromatic heterocycles. The minimum absolute atomic E-state index is 0.0536. The Labute approximate surface area is 141 Å². The lowest BCUT2D eigenvalue weighted by molar-refractivity contribution is -0.116. The molecule has 3 amide bonds. The van der Waals surface area contributed by atoms with Crippen LogP contribution in [0.5, 0.6) is 0 Å². The summed E-state index contributed by atoms with van der Waals surface area (Å²) in [4.78, 5) is 37.5. The van der Waals surface area contributed by atoms with Crippen molar-refractivity contribution >= 4 is 39.3 Å². The summed E-state index contributed by atoms with van der Waals surface area (Å²) in [5, 5.41) is 2.74. The van der Waals surface area contributed by atoms with E-state index in [2.05, 4.69) is 21.2 Å². The van der Waals surface area contributed by atoms with E-state index in [1.54, 1.807) is 36.4 Å². The van der Waals surface area contributed by atoms with Gasteiger partial charge < -0.3 is 5.32 Å². The van der Waals surface area contributed by atoms with Crippen molar-refractivity contribution in [1.29, 1.82) is 0 Å². The van der Waals surface area contributed by atoms with Crippen molar-refractivity contribution in [3.63, 3.8) is 0 Å². The highest BCUT2D eigenvalue weighted by Gasteiger charge is 2.34. The van der Waals surface area contributed by atoms with Crippen LogP contribution in [0.2, 0.25) is 0 Å². The molecule has 1 heterocycles. The normalized spacial score (nSPS) is 13.2. The van der Waals surface area contributed by atoms with E-state index in [-0.39, 0.29) is 30.7 Å². The van der Waals surface area contributed by atoms with E-state index in [0.29, 0.717) is 16.8 Å². The SMILES string of the molecule is O=C(CCN1C(=O)c2ccccc2C1=O)Nc1cccc(Br)c1. The van der Waals surface area contributed by atoms with E-state index in [1.807, 2.05) is 12.1 Å². The Balaban J connectivity index is 1.62. The molecule has 0 fully saturated rings. The van der Waals surface area contributed by atoms with Gasteiger partial charge in [0, 0.05) is 23.1 Å². The Bertz CT molecular complexity index is 769. The number of hydrogen-bond acceptors (Lipinski definition) is 3.